The van der Waals surface area contributed by atoms with Gasteiger partial charge in [-0.15, -0.1) is 11.3 Å². The Labute approximate surface area is 150 Å². The van der Waals surface area contributed by atoms with Crippen LogP contribution in [0, 0.1) is 5.92 Å². The number of aromatic nitrogens is 1. The fourth-order valence-electron chi connectivity index (χ4n) is 2.90. The maximum atomic E-state index is 12.7. The van der Waals surface area contributed by atoms with Gasteiger partial charge >= 0.3 is 5.97 Å². The lowest BCUT2D eigenvalue weighted by molar-refractivity contribution is -0.149. The average Bonchev–Trinajstić information content (AvgIpc) is 3.15. The van der Waals surface area contributed by atoms with Gasteiger partial charge in [-0.1, -0.05) is 6.07 Å². The number of amides is 1. The van der Waals surface area contributed by atoms with E-state index >= 15 is 0 Å². The van der Waals surface area contributed by atoms with Gasteiger partial charge in [0.25, 0.3) is 5.91 Å². The first-order valence-electron chi connectivity index (χ1n) is 8.40. The van der Waals surface area contributed by atoms with Gasteiger partial charge in [-0.2, -0.15) is 0 Å². The number of hydrogen-bond donors (Lipinski definition) is 1. The van der Waals surface area contributed by atoms with E-state index in [-0.39, 0.29) is 17.8 Å². The number of likely N-dealkylation sites (tertiary alicyclic amines) is 1. The summed E-state index contributed by atoms with van der Waals surface area (Å²) in [6.07, 6.45) is 3.04. The zero-order chi connectivity index (χ0) is 17.6. The molecule has 0 aliphatic carbocycles. The Bertz CT molecular complexity index is 725. The molecule has 1 aromatic carbocycles. The molecule has 0 atom stereocenters. The van der Waals surface area contributed by atoms with Gasteiger partial charge in [-0.05, 0) is 38.0 Å². The molecule has 1 amide bonds. The number of nitrogens with one attached hydrogen (secondary N) is 1. The third-order valence-corrected chi connectivity index (χ3v) is 4.88. The minimum absolute atomic E-state index is 0.00917. The van der Waals surface area contributed by atoms with Crippen molar-refractivity contribution in [3.05, 3.63) is 41.4 Å². The highest BCUT2D eigenvalue weighted by Crippen LogP contribution is 2.23. The van der Waals surface area contributed by atoms with Crippen LogP contribution in [0.2, 0.25) is 0 Å². The SMILES string of the molecule is CCOC(=O)C1CCN(C(=O)c2cccc(Nc3nccs3)c2)CC1. The Morgan fingerprint density at radius 1 is 1.36 bits per heavy atom. The van der Waals surface area contributed by atoms with E-state index in [1.54, 1.807) is 11.1 Å². The molecule has 0 saturated carbocycles. The first-order chi connectivity index (χ1) is 12.2. The van der Waals surface area contributed by atoms with E-state index in [1.807, 2.05) is 36.6 Å². The largest absolute Gasteiger partial charge is 0.466 e. The summed E-state index contributed by atoms with van der Waals surface area (Å²) in [5, 5.41) is 5.88. The van der Waals surface area contributed by atoms with Gasteiger partial charge in [0, 0.05) is 35.9 Å². The van der Waals surface area contributed by atoms with E-state index in [9.17, 15) is 9.59 Å². The lowest BCUT2D eigenvalue weighted by Gasteiger charge is -2.31. The fourth-order valence-corrected chi connectivity index (χ4v) is 3.45. The summed E-state index contributed by atoms with van der Waals surface area (Å²) in [6, 6.07) is 7.41. The number of benzene rings is 1. The number of nitrogens with zero attached hydrogens (tertiary/aromatic N) is 2. The molecule has 1 fully saturated rings. The van der Waals surface area contributed by atoms with Crippen molar-refractivity contribution in [2.75, 3.05) is 25.0 Å². The molecule has 2 aromatic rings. The van der Waals surface area contributed by atoms with Crippen molar-refractivity contribution in [3.8, 4) is 0 Å². The second-order valence-electron chi connectivity index (χ2n) is 5.86. The molecular formula is C18H21N3O3S. The van der Waals surface area contributed by atoms with Crippen molar-refractivity contribution < 1.29 is 14.3 Å². The van der Waals surface area contributed by atoms with Crippen LogP contribution in [0.3, 0.4) is 0 Å². The fraction of sp³-hybridized carbons (Fsp3) is 0.389. The lowest BCUT2D eigenvalue weighted by atomic mass is 9.96. The second kappa shape index (κ2) is 8.11. The van der Waals surface area contributed by atoms with Gasteiger partial charge in [0.1, 0.15) is 0 Å². The molecule has 1 aliphatic heterocycles. The summed E-state index contributed by atoms with van der Waals surface area (Å²) in [6.45, 7) is 3.36. The Morgan fingerprint density at radius 3 is 2.84 bits per heavy atom. The summed E-state index contributed by atoms with van der Waals surface area (Å²) < 4.78 is 5.07. The molecule has 1 saturated heterocycles. The molecule has 25 heavy (non-hydrogen) atoms. The minimum Gasteiger partial charge on any atom is -0.466 e. The monoisotopic (exact) mass is 359 g/mol. The highest BCUT2D eigenvalue weighted by molar-refractivity contribution is 7.13. The van der Waals surface area contributed by atoms with E-state index < -0.39 is 0 Å². The van der Waals surface area contributed by atoms with Gasteiger partial charge in [-0.25, -0.2) is 4.98 Å². The van der Waals surface area contributed by atoms with E-state index in [1.165, 1.54) is 11.3 Å². The number of anilines is 2. The Kier molecular flexibility index (Phi) is 5.65. The molecular weight excluding hydrogens is 338 g/mol. The third kappa shape index (κ3) is 4.36. The summed E-state index contributed by atoms with van der Waals surface area (Å²) in [4.78, 5) is 30.5. The van der Waals surface area contributed by atoms with Crippen molar-refractivity contribution in [3.63, 3.8) is 0 Å². The molecule has 1 aliphatic rings. The van der Waals surface area contributed by atoms with E-state index in [0.29, 0.717) is 38.1 Å². The number of carbonyl (C=O) groups excluding carboxylic acids is 2. The molecule has 7 heteroatoms. The molecule has 2 heterocycles. The lowest BCUT2D eigenvalue weighted by Crippen LogP contribution is -2.40. The van der Waals surface area contributed by atoms with Crippen LogP contribution < -0.4 is 5.32 Å². The number of ether oxygens (including phenoxy) is 1. The topological polar surface area (TPSA) is 71.5 Å². The normalized spacial score (nSPS) is 15.0. The van der Waals surface area contributed by atoms with Crippen molar-refractivity contribution in [1.29, 1.82) is 0 Å². The van der Waals surface area contributed by atoms with Crippen LogP contribution in [0.5, 0.6) is 0 Å². The summed E-state index contributed by atoms with van der Waals surface area (Å²) in [5.74, 6) is -0.253. The van der Waals surface area contributed by atoms with Crippen LogP contribution >= 0.6 is 11.3 Å². The number of hydrogen-bond acceptors (Lipinski definition) is 6. The Morgan fingerprint density at radius 2 is 2.16 bits per heavy atom. The van der Waals surface area contributed by atoms with Crippen LogP contribution in [0.15, 0.2) is 35.8 Å². The standard InChI is InChI=1S/C18H21N3O3S/c1-2-24-17(23)13-6-9-21(10-7-13)16(22)14-4-3-5-15(12-14)20-18-19-8-11-25-18/h3-5,8,11-13H,2,6-7,9-10H2,1H3,(H,19,20). The molecule has 3 rings (SSSR count). The van der Waals surface area contributed by atoms with Gasteiger partial charge in [-0.3, -0.25) is 9.59 Å². The predicted molar refractivity (Wildman–Crippen MR) is 97.1 cm³/mol. The number of esters is 1. The number of thiazole rings is 1. The number of carbonyl (C=O) groups is 2. The van der Waals surface area contributed by atoms with Gasteiger partial charge < -0.3 is 15.0 Å². The molecule has 0 radical (unpaired) electrons. The van der Waals surface area contributed by atoms with Crippen molar-refractivity contribution in [2.45, 2.75) is 19.8 Å². The van der Waals surface area contributed by atoms with Crippen LogP contribution in [0.4, 0.5) is 10.8 Å². The van der Waals surface area contributed by atoms with Gasteiger partial charge in [0.2, 0.25) is 0 Å². The van der Waals surface area contributed by atoms with Crippen LogP contribution in [-0.2, 0) is 9.53 Å². The van der Waals surface area contributed by atoms with E-state index in [2.05, 4.69) is 10.3 Å². The Balaban J connectivity index is 1.61. The molecule has 1 aromatic heterocycles. The molecule has 0 bridgehead atoms. The van der Waals surface area contributed by atoms with Gasteiger partial charge in [0.05, 0.1) is 12.5 Å². The maximum Gasteiger partial charge on any atom is 0.309 e. The van der Waals surface area contributed by atoms with E-state index in [0.717, 1.165) is 10.8 Å². The van der Waals surface area contributed by atoms with Crippen LogP contribution in [0.25, 0.3) is 0 Å². The maximum absolute atomic E-state index is 12.7. The summed E-state index contributed by atoms with van der Waals surface area (Å²) in [7, 11) is 0. The van der Waals surface area contributed by atoms with Crippen LogP contribution in [0.1, 0.15) is 30.1 Å². The Hall–Kier alpha value is -2.41. The van der Waals surface area contributed by atoms with E-state index in [4.69, 9.17) is 4.74 Å². The first-order valence-corrected chi connectivity index (χ1v) is 9.28. The zero-order valence-corrected chi connectivity index (χ0v) is 14.9. The second-order valence-corrected chi connectivity index (χ2v) is 6.76. The predicted octanol–water partition coefficient (Wildman–Crippen LogP) is 3.30. The van der Waals surface area contributed by atoms with Gasteiger partial charge in [0.15, 0.2) is 5.13 Å². The molecule has 0 spiro atoms. The highest BCUT2D eigenvalue weighted by atomic mass is 32.1. The zero-order valence-electron chi connectivity index (χ0n) is 14.1. The number of piperidine rings is 1. The van der Waals surface area contributed by atoms with Crippen molar-refractivity contribution in [2.24, 2.45) is 5.92 Å². The van der Waals surface area contributed by atoms with Crippen molar-refractivity contribution in [1.82, 2.24) is 9.88 Å². The summed E-state index contributed by atoms with van der Waals surface area (Å²) in [5.41, 5.74) is 1.47. The quantitative estimate of drug-likeness (QED) is 0.830. The van der Waals surface area contributed by atoms with Crippen molar-refractivity contribution >= 4 is 34.0 Å². The highest BCUT2D eigenvalue weighted by Gasteiger charge is 2.28. The molecule has 6 nitrogen and oxygen atoms in total. The molecule has 132 valence electrons. The average molecular weight is 359 g/mol. The first kappa shape index (κ1) is 17.4. The summed E-state index contributed by atoms with van der Waals surface area (Å²) >= 11 is 1.51. The minimum atomic E-state index is -0.149. The molecule has 1 N–H and O–H groups in total. The van der Waals surface area contributed by atoms with Crippen LogP contribution in [-0.4, -0.2) is 41.5 Å². The molecule has 0 unspecified atom stereocenters. The smallest absolute Gasteiger partial charge is 0.309 e. The number of rotatable bonds is 5. The third-order valence-electron chi connectivity index (χ3n) is 4.20.